The first kappa shape index (κ1) is 16.8. The average molecular weight is 279 g/mol. The van der Waals surface area contributed by atoms with Crippen LogP contribution in [-0.2, 0) is 0 Å². The maximum atomic E-state index is 5.79. The fraction of sp³-hybridized carbons (Fsp3) is 0.647. The van der Waals surface area contributed by atoms with Crippen LogP contribution in [0.15, 0.2) is 18.2 Å². The Balaban J connectivity index is 2.18. The molecule has 0 aliphatic carbocycles. The van der Waals surface area contributed by atoms with Gasteiger partial charge in [0.2, 0.25) is 0 Å². The summed E-state index contributed by atoms with van der Waals surface area (Å²) in [6, 6.07) is 6.03. The summed E-state index contributed by atoms with van der Waals surface area (Å²) in [7, 11) is 1.68. The van der Waals surface area contributed by atoms with E-state index in [0.29, 0.717) is 0 Å². The van der Waals surface area contributed by atoms with Gasteiger partial charge in [-0.25, -0.2) is 0 Å². The Bertz CT molecular complexity index is 396. The summed E-state index contributed by atoms with van der Waals surface area (Å²) >= 11 is 0. The van der Waals surface area contributed by atoms with E-state index in [1.54, 1.807) is 7.11 Å². The predicted molar refractivity (Wildman–Crippen MR) is 84.8 cm³/mol. The molecule has 0 saturated carbocycles. The molecule has 0 aromatic heterocycles. The smallest absolute Gasteiger partial charge is 0.161 e. The molecule has 0 amide bonds. The number of unbranched alkanes of at least 4 members (excludes halogenated alkanes) is 2. The first-order chi connectivity index (χ1) is 9.42. The van der Waals surface area contributed by atoms with Crippen LogP contribution >= 0.6 is 0 Å². The van der Waals surface area contributed by atoms with Crippen molar-refractivity contribution in [2.45, 2.75) is 52.5 Å². The quantitative estimate of drug-likeness (QED) is 0.731. The molecule has 0 bridgehead atoms. The van der Waals surface area contributed by atoms with Crippen LogP contribution in [0.2, 0.25) is 0 Å². The Morgan fingerprint density at radius 3 is 2.45 bits per heavy atom. The predicted octanol–water partition coefficient (Wildman–Crippen LogP) is 3.94. The van der Waals surface area contributed by atoms with Gasteiger partial charge in [0.1, 0.15) is 0 Å². The SMILES string of the molecule is COc1cc(C)ccc1OCCCCCNC(C)(C)C. The van der Waals surface area contributed by atoms with Crippen molar-refractivity contribution in [2.75, 3.05) is 20.3 Å². The van der Waals surface area contributed by atoms with Gasteiger partial charge in [0.15, 0.2) is 11.5 Å². The van der Waals surface area contributed by atoms with Crippen molar-refractivity contribution in [2.24, 2.45) is 0 Å². The minimum atomic E-state index is 0.214. The molecule has 0 atom stereocenters. The van der Waals surface area contributed by atoms with E-state index in [9.17, 15) is 0 Å². The number of ether oxygens (including phenoxy) is 2. The van der Waals surface area contributed by atoms with Gasteiger partial charge in [-0.15, -0.1) is 0 Å². The monoisotopic (exact) mass is 279 g/mol. The summed E-state index contributed by atoms with van der Waals surface area (Å²) in [6.07, 6.45) is 3.44. The van der Waals surface area contributed by atoms with E-state index in [-0.39, 0.29) is 5.54 Å². The van der Waals surface area contributed by atoms with E-state index in [0.717, 1.165) is 31.1 Å². The maximum absolute atomic E-state index is 5.79. The molecule has 1 N–H and O–H groups in total. The van der Waals surface area contributed by atoms with E-state index >= 15 is 0 Å². The summed E-state index contributed by atoms with van der Waals surface area (Å²) in [5.74, 6) is 1.66. The van der Waals surface area contributed by atoms with Crippen molar-refractivity contribution >= 4 is 0 Å². The summed E-state index contributed by atoms with van der Waals surface area (Å²) in [5.41, 5.74) is 1.40. The number of hydrogen-bond acceptors (Lipinski definition) is 3. The molecule has 0 saturated heterocycles. The minimum absolute atomic E-state index is 0.214. The van der Waals surface area contributed by atoms with Crippen LogP contribution in [0.3, 0.4) is 0 Å². The highest BCUT2D eigenvalue weighted by Crippen LogP contribution is 2.27. The normalized spacial score (nSPS) is 11.4. The molecule has 1 aromatic rings. The zero-order valence-electron chi connectivity index (χ0n) is 13.6. The molecular formula is C17H29NO2. The van der Waals surface area contributed by atoms with Crippen molar-refractivity contribution in [3.8, 4) is 11.5 Å². The Morgan fingerprint density at radius 2 is 1.80 bits per heavy atom. The molecule has 0 heterocycles. The van der Waals surface area contributed by atoms with Gasteiger partial charge in [-0.1, -0.05) is 6.07 Å². The number of hydrogen-bond donors (Lipinski definition) is 1. The molecule has 0 radical (unpaired) electrons. The van der Waals surface area contributed by atoms with Gasteiger partial charge in [-0.05, 0) is 71.2 Å². The lowest BCUT2D eigenvalue weighted by Crippen LogP contribution is -2.36. The topological polar surface area (TPSA) is 30.5 Å². The van der Waals surface area contributed by atoms with Crippen LogP contribution in [0.5, 0.6) is 11.5 Å². The first-order valence-electron chi connectivity index (χ1n) is 7.45. The van der Waals surface area contributed by atoms with Crippen LogP contribution in [0.25, 0.3) is 0 Å². The molecule has 0 unspecified atom stereocenters. The molecule has 3 nitrogen and oxygen atoms in total. The van der Waals surface area contributed by atoms with Gasteiger partial charge in [-0.2, -0.15) is 0 Å². The van der Waals surface area contributed by atoms with Crippen molar-refractivity contribution in [1.29, 1.82) is 0 Å². The highest BCUT2D eigenvalue weighted by Gasteiger charge is 2.07. The molecule has 1 rings (SSSR count). The fourth-order valence-electron chi connectivity index (χ4n) is 1.94. The lowest BCUT2D eigenvalue weighted by atomic mass is 10.1. The highest BCUT2D eigenvalue weighted by atomic mass is 16.5. The molecule has 0 spiro atoms. The van der Waals surface area contributed by atoms with Gasteiger partial charge in [0, 0.05) is 5.54 Å². The number of methoxy groups -OCH3 is 1. The van der Waals surface area contributed by atoms with E-state index in [1.165, 1.54) is 18.4 Å². The molecule has 20 heavy (non-hydrogen) atoms. The third-order valence-electron chi connectivity index (χ3n) is 3.05. The second kappa shape index (κ2) is 8.15. The molecule has 3 heteroatoms. The van der Waals surface area contributed by atoms with Gasteiger partial charge in [0.05, 0.1) is 13.7 Å². The molecule has 0 aliphatic heterocycles. The standard InChI is InChI=1S/C17H29NO2/c1-14-9-10-15(16(13-14)19-5)20-12-8-6-7-11-18-17(2,3)4/h9-10,13,18H,6-8,11-12H2,1-5H3. The van der Waals surface area contributed by atoms with Crippen LogP contribution in [-0.4, -0.2) is 25.8 Å². The Hall–Kier alpha value is -1.22. The van der Waals surface area contributed by atoms with Gasteiger partial charge in [-0.3, -0.25) is 0 Å². The Kier molecular flexibility index (Phi) is 6.86. The van der Waals surface area contributed by atoms with Gasteiger partial charge >= 0.3 is 0 Å². The van der Waals surface area contributed by atoms with Gasteiger partial charge < -0.3 is 14.8 Å². The molecule has 0 fully saturated rings. The Morgan fingerprint density at radius 1 is 1.05 bits per heavy atom. The van der Waals surface area contributed by atoms with Crippen molar-refractivity contribution in [3.63, 3.8) is 0 Å². The minimum Gasteiger partial charge on any atom is -0.493 e. The molecular weight excluding hydrogens is 250 g/mol. The summed E-state index contributed by atoms with van der Waals surface area (Å²) in [5, 5.41) is 3.49. The number of nitrogens with one attached hydrogen (secondary N) is 1. The zero-order chi connectivity index (χ0) is 15.0. The van der Waals surface area contributed by atoms with E-state index in [2.05, 4.69) is 33.0 Å². The lowest BCUT2D eigenvalue weighted by Gasteiger charge is -2.20. The van der Waals surface area contributed by atoms with E-state index in [4.69, 9.17) is 9.47 Å². The average Bonchev–Trinajstić information content (AvgIpc) is 2.37. The van der Waals surface area contributed by atoms with Crippen molar-refractivity contribution in [1.82, 2.24) is 5.32 Å². The van der Waals surface area contributed by atoms with E-state index in [1.807, 2.05) is 18.2 Å². The van der Waals surface area contributed by atoms with Crippen LogP contribution in [0.4, 0.5) is 0 Å². The summed E-state index contributed by atoms with van der Waals surface area (Å²) in [6.45, 7) is 10.4. The summed E-state index contributed by atoms with van der Waals surface area (Å²) in [4.78, 5) is 0. The second-order valence-electron chi connectivity index (χ2n) is 6.24. The lowest BCUT2D eigenvalue weighted by molar-refractivity contribution is 0.284. The zero-order valence-corrected chi connectivity index (χ0v) is 13.6. The first-order valence-corrected chi connectivity index (χ1v) is 7.45. The van der Waals surface area contributed by atoms with Crippen molar-refractivity contribution < 1.29 is 9.47 Å². The molecule has 114 valence electrons. The third-order valence-corrected chi connectivity index (χ3v) is 3.05. The van der Waals surface area contributed by atoms with Crippen LogP contribution in [0.1, 0.15) is 45.6 Å². The van der Waals surface area contributed by atoms with Crippen LogP contribution in [0, 0.1) is 6.92 Å². The summed E-state index contributed by atoms with van der Waals surface area (Å²) < 4.78 is 11.1. The maximum Gasteiger partial charge on any atom is 0.161 e. The second-order valence-corrected chi connectivity index (χ2v) is 6.24. The molecule has 1 aromatic carbocycles. The van der Waals surface area contributed by atoms with Crippen molar-refractivity contribution in [3.05, 3.63) is 23.8 Å². The fourth-order valence-corrected chi connectivity index (χ4v) is 1.94. The van der Waals surface area contributed by atoms with Crippen LogP contribution < -0.4 is 14.8 Å². The Labute approximate surface area is 123 Å². The highest BCUT2D eigenvalue weighted by molar-refractivity contribution is 5.42. The number of benzene rings is 1. The third kappa shape index (κ3) is 6.80. The van der Waals surface area contributed by atoms with Gasteiger partial charge in [0.25, 0.3) is 0 Å². The number of rotatable bonds is 8. The number of aryl methyl sites for hydroxylation is 1. The largest absolute Gasteiger partial charge is 0.493 e. The van der Waals surface area contributed by atoms with E-state index < -0.39 is 0 Å². The molecule has 0 aliphatic rings.